The zero-order valence-corrected chi connectivity index (χ0v) is 15.6. The summed E-state index contributed by atoms with van der Waals surface area (Å²) < 4.78 is 10.9. The number of benzene rings is 3. The number of para-hydroxylation sites is 4. The molecule has 0 N–H and O–H groups in total. The first kappa shape index (κ1) is 19.0. The lowest BCUT2D eigenvalue weighted by atomic mass is 10.3. The molecule has 0 aliphatic rings. The van der Waals surface area contributed by atoms with Crippen LogP contribution in [0.15, 0.2) is 84.9 Å². The van der Waals surface area contributed by atoms with Crippen LogP contribution in [-0.4, -0.2) is 26.3 Å². The fourth-order valence-corrected chi connectivity index (χ4v) is 2.46. The zero-order valence-electron chi connectivity index (χ0n) is 15.6. The molecule has 3 aromatic carbocycles. The first-order valence-corrected chi connectivity index (χ1v) is 8.66. The van der Waals surface area contributed by atoms with Crippen molar-refractivity contribution in [3.05, 3.63) is 84.9 Å². The van der Waals surface area contributed by atoms with Gasteiger partial charge in [0.1, 0.15) is 0 Å². The molecule has 0 fully saturated rings. The third-order valence-corrected chi connectivity index (χ3v) is 4.08. The average molecular weight is 376 g/mol. The molecule has 0 aliphatic carbocycles. The average Bonchev–Trinajstić information content (AvgIpc) is 2.75. The van der Waals surface area contributed by atoms with Crippen molar-refractivity contribution < 1.29 is 19.1 Å². The Kier molecular flexibility index (Phi) is 5.91. The number of carbonyl (C=O) groups is 2. The number of rotatable bonds is 4. The van der Waals surface area contributed by atoms with Gasteiger partial charge in [-0.15, -0.1) is 0 Å². The van der Waals surface area contributed by atoms with Gasteiger partial charge in [-0.05, 0) is 36.4 Å². The SMILES string of the molecule is CN(C(=O)Oc1ccccc1OC(=O)N(C)c1ccccc1)c1ccccc1. The first-order valence-electron chi connectivity index (χ1n) is 8.66. The lowest BCUT2D eigenvalue weighted by molar-refractivity contribution is 0.198. The van der Waals surface area contributed by atoms with Crippen molar-refractivity contribution in [1.29, 1.82) is 0 Å². The summed E-state index contributed by atoms with van der Waals surface area (Å²) in [6, 6.07) is 24.7. The van der Waals surface area contributed by atoms with E-state index in [4.69, 9.17) is 9.47 Å². The summed E-state index contributed by atoms with van der Waals surface area (Å²) in [4.78, 5) is 27.7. The Morgan fingerprint density at radius 1 is 0.571 bits per heavy atom. The van der Waals surface area contributed by atoms with Gasteiger partial charge in [-0.2, -0.15) is 0 Å². The minimum absolute atomic E-state index is 0.157. The van der Waals surface area contributed by atoms with Crippen molar-refractivity contribution in [1.82, 2.24) is 0 Å². The van der Waals surface area contributed by atoms with Gasteiger partial charge in [0.15, 0.2) is 11.5 Å². The predicted octanol–water partition coefficient (Wildman–Crippen LogP) is 4.96. The number of ether oxygens (including phenoxy) is 2. The lowest BCUT2D eigenvalue weighted by Gasteiger charge is -2.19. The number of carbonyl (C=O) groups excluding carboxylic acids is 2. The van der Waals surface area contributed by atoms with Crippen LogP contribution in [0.3, 0.4) is 0 Å². The van der Waals surface area contributed by atoms with Crippen LogP contribution in [-0.2, 0) is 0 Å². The number of hydrogen-bond acceptors (Lipinski definition) is 4. The molecule has 0 unspecified atom stereocenters. The molecule has 6 heteroatoms. The minimum atomic E-state index is -0.592. The molecule has 0 saturated carbocycles. The maximum absolute atomic E-state index is 12.5. The molecule has 142 valence electrons. The standard InChI is InChI=1S/C22H20N2O4/c1-23(17-11-5-3-6-12-17)21(25)27-19-15-9-10-16-20(19)28-22(26)24(2)18-13-7-4-8-14-18/h3-16H,1-2H3. The molecule has 0 aromatic heterocycles. The second kappa shape index (κ2) is 8.73. The van der Waals surface area contributed by atoms with Gasteiger partial charge in [0.2, 0.25) is 0 Å². The van der Waals surface area contributed by atoms with E-state index in [1.54, 1.807) is 62.6 Å². The summed E-state index contributed by atoms with van der Waals surface area (Å²) in [7, 11) is 3.21. The molecule has 3 rings (SSSR count). The van der Waals surface area contributed by atoms with E-state index in [2.05, 4.69) is 0 Å². The second-order valence-electron chi connectivity index (χ2n) is 5.97. The number of amides is 2. The summed E-state index contributed by atoms with van der Waals surface area (Å²) >= 11 is 0. The van der Waals surface area contributed by atoms with Gasteiger partial charge in [-0.1, -0.05) is 48.5 Å². The predicted molar refractivity (Wildman–Crippen MR) is 108 cm³/mol. The van der Waals surface area contributed by atoms with E-state index in [-0.39, 0.29) is 11.5 Å². The summed E-state index contributed by atoms with van der Waals surface area (Å²) in [5, 5.41) is 0. The monoisotopic (exact) mass is 376 g/mol. The van der Waals surface area contributed by atoms with Crippen LogP contribution in [0, 0.1) is 0 Å². The molecule has 0 atom stereocenters. The van der Waals surface area contributed by atoms with Gasteiger partial charge in [0.25, 0.3) is 0 Å². The molecule has 28 heavy (non-hydrogen) atoms. The number of anilines is 2. The van der Waals surface area contributed by atoms with Gasteiger partial charge < -0.3 is 9.47 Å². The second-order valence-corrected chi connectivity index (χ2v) is 5.97. The van der Waals surface area contributed by atoms with E-state index >= 15 is 0 Å². The Morgan fingerprint density at radius 3 is 1.25 bits per heavy atom. The Bertz CT molecular complexity index is 867. The fourth-order valence-electron chi connectivity index (χ4n) is 2.46. The topological polar surface area (TPSA) is 59.1 Å². The fraction of sp³-hybridized carbons (Fsp3) is 0.0909. The highest BCUT2D eigenvalue weighted by atomic mass is 16.6. The molecule has 3 aromatic rings. The molecule has 0 saturated heterocycles. The highest BCUT2D eigenvalue weighted by molar-refractivity contribution is 5.90. The summed E-state index contributed by atoms with van der Waals surface area (Å²) in [5.74, 6) is 0.315. The van der Waals surface area contributed by atoms with Crippen LogP contribution in [0.1, 0.15) is 0 Å². The maximum atomic E-state index is 12.5. The number of hydrogen-bond donors (Lipinski definition) is 0. The zero-order chi connectivity index (χ0) is 19.9. The molecule has 0 spiro atoms. The molecular formula is C22H20N2O4. The minimum Gasteiger partial charge on any atom is -0.406 e. The van der Waals surface area contributed by atoms with E-state index in [0.29, 0.717) is 11.4 Å². The third kappa shape index (κ3) is 4.48. The van der Waals surface area contributed by atoms with Crippen LogP contribution < -0.4 is 19.3 Å². The first-order chi connectivity index (χ1) is 13.6. The largest absolute Gasteiger partial charge is 0.419 e. The van der Waals surface area contributed by atoms with Crippen molar-refractivity contribution in [2.75, 3.05) is 23.9 Å². The van der Waals surface area contributed by atoms with Crippen molar-refractivity contribution in [2.24, 2.45) is 0 Å². The summed E-state index contributed by atoms with van der Waals surface area (Å²) in [6.45, 7) is 0. The summed E-state index contributed by atoms with van der Waals surface area (Å²) in [5.41, 5.74) is 1.37. The van der Waals surface area contributed by atoms with Crippen LogP contribution in [0.4, 0.5) is 21.0 Å². The van der Waals surface area contributed by atoms with Crippen LogP contribution in [0.2, 0.25) is 0 Å². The smallest absolute Gasteiger partial charge is 0.406 e. The number of nitrogens with zero attached hydrogens (tertiary/aromatic N) is 2. The molecule has 0 heterocycles. The van der Waals surface area contributed by atoms with E-state index in [1.165, 1.54) is 9.80 Å². The van der Waals surface area contributed by atoms with E-state index in [0.717, 1.165) is 0 Å². The molecule has 0 radical (unpaired) electrons. The Balaban J connectivity index is 1.72. The Morgan fingerprint density at radius 2 is 0.893 bits per heavy atom. The lowest BCUT2D eigenvalue weighted by Crippen LogP contribution is -2.31. The van der Waals surface area contributed by atoms with E-state index < -0.39 is 12.2 Å². The van der Waals surface area contributed by atoms with Crippen molar-refractivity contribution in [3.63, 3.8) is 0 Å². The third-order valence-electron chi connectivity index (χ3n) is 4.08. The maximum Gasteiger partial charge on any atom is 0.419 e. The van der Waals surface area contributed by atoms with Gasteiger partial charge in [-0.25, -0.2) is 9.59 Å². The molecule has 2 amide bonds. The van der Waals surface area contributed by atoms with Gasteiger partial charge in [0.05, 0.1) is 0 Å². The summed E-state index contributed by atoms with van der Waals surface area (Å²) in [6.07, 6.45) is -1.18. The molecular weight excluding hydrogens is 356 g/mol. The Hall–Kier alpha value is -3.80. The normalized spacial score (nSPS) is 10.1. The van der Waals surface area contributed by atoms with Crippen LogP contribution >= 0.6 is 0 Å². The van der Waals surface area contributed by atoms with Gasteiger partial charge in [0, 0.05) is 25.5 Å². The van der Waals surface area contributed by atoms with Crippen molar-refractivity contribution >= 4 is 23.6 Å². The Labute approximate surface area is 163 Å². The van der Waals surface area contributed by atoms with Crippen molar-refractivity contribution in [2.45, 2.75) is 0 Å². The van der Waals surface area contributed by atoms with Crippen molar-refractivity contribution in [3.8, 4) is 11.5 Å². The highest BCUT2D eigenvalue weighted by Crippen LogP contribution is 2.28. The molecule has 0 aliphatic heterocycles. The van der Waals surface area contributed by atoms with E-state index in [1.807, 2.05) is 36.4 Å². The highest BCUT2D eigenvalue weighted by Gasteiger charge is 2.19. The quantitative estimate of drug-likeness (QED) is 0.646. The van der Waals surface area contributed by atoms with Gasteiger partial charge in [-0.3, -0.25) is 9.80 Å². The molecule has 6 nitrogen and oxygen atoms in total. The van der Waals surface area contributed by atoms with Gasteiger partial charge >= 0.3 is 12.2 Å². The van der Waals surface area contributed by atoms with Crippen LogP contribution in [0.25, 0.3) is 0 Å². The van der Waals surface area contributed by atoms with Crippen LogP contribution in [0.5, 0.6) is 11.5 Å². The van der Waals surface area contributed by atoms with E-state index in [9.17, 15) is 9.59 Å². The molecule has 0 bridgehead atoms.